The fraction of sp³-hybridized carbons (Fsp3) is 0.348. The summed E-state index contributed by atoms with van der Waals surface area (Å²) >= 11 is 6.20. The first-order valence-corrected chi connectivity index (χ1v) is 12.2. The summed E-state index contributed by atoms with van der Waals surface area (Å²) in [7, 11) is -0.956. The zero-order chi connectivity index (χ0) is 23.0. The minimum atomic E-state index is -4.02. The van der Waals surface area contributed by atoms with Crippen molar-refractivity contribution in [3.63, 3.8) is 0 Å². The molecule has 7 nitrogen and oxygen atoms in total. The SMILES string of the molecule is COc1ccc(N2C=C(C(=O)N3CCC(C)CC3)S(=O)(=O)c3ccc(Cl)cc32)cc1OC. The predicted octanol–water partition coefficient (Wildman–Crippen LogP) is 4.38. The molecule has 2 aliphatic rings. The van der Waals surface area contributed by atoms with Crippen molar-refractivity contribution < 1.29 is 22.7 Å². The van der Waals surface area contributed by atoms with Crippen molar-refractivity contribution >= 4 is 38.7 Å². The summed E-state index contributed by atoms with van der Waals surface area (Å²) in [5, 5.41) is 0.387. The molecular formula is C23H25ClN2O5S. The molecule has 2 heterocycles. The number of rotatable bonds is 4. The molecule has 2 aromatic rings. The topological polar surface area (TPSA) is 76.2 Å². The zero-order valence-corrected chi connectivity index (χ0v) is 19.7. The second-order valence-corrected chi connectivity index (χ2v) is 10.3. The number of amides is 1. The molecule has 0 atom stereocenters. The molecule has 0 saturated carbocycles. The third kappa shape index (κ3) is 3.93. The first-order chi connectivity index (χ1) is 15.3. The Balaban J connectivity index is 1.85. The summed E-state index contributed by atoms with van der Waals surface area (Å²) in [4.78, 5) is 16.4. The molecule has 9 heteroatoms. The van der Waals surface area contributed by atoms with Crippen molar-refractivity contribution in [1.29, 1.82) is 0 Å². The lowest BCUT2D eigenvalue weighted by atomic mass is 9.99. The van der Waals surface area contributed by atoms with Gasteiger partial charge < -0.3 is 19.3 Å². The van der Waals surface area contributed by atoms with Gasteiger partial charge in [0.25, 0.3) is 5.91 Å². The molecule has 0 N–H and O–H groups in total. The Morgan fingerprint density at radius 2 is 1.72 bits per heavy atom. The second kappa shape index (κ2) is 8.67. The highest BCUT2D eigenvalue weighted by molar-refractivity contribution is 7.96. The maximum Gasteiger partial charge on any atom is 0.267 e. The van der Waals surface area contributed by atoms with Gasteiger partial charge >= 0.3 is 0 Å². The Morgan fingerprint density at radius 1 is 1.03 bits per heavy atom. The molecule has 32 heavy (non-hydrogen) atoms. The number of nitrogens with zero attached hydrogens (tertiary/aromatic N) is 2. The molecule has 0 unspecified atom stereocenters. The smallest absolute Gasteiger partial charge is 0.267 e. The van der Waals surface area contributed by atoms with Gasteiger partial charge in [-0.2, -0.15) is 0 Å². The normalized spacial score (nSPS) is 18.1. The van der Waals surface area contributed by atoms with Crippen LogP contribution in [0, 0.1) is 5.92 Å². The highest BCUT2D eigenvalue weighted by Gasteiger charge is 2.38. The van der Waals surface area contributed by atoms with E-state index >= 15 is 0 Å². The second-order valence-electron chi connectivity index (χ2n) is 7.99. The zero-order valence-electron chi connectivity index (χ0n) is 18.2. The van der Waals surface area contributed by atoms with E-state index in [9.17, 15) is 13.2 Å². The van der Waals surface area contributed by atoms with Crippen molar-refractivity contribution in [3.8, 4) is 11.5 Å². The van der Waals surface area contributed by atoms with E-state index in [1.807, 2.05) is 0 Å². The molecule has 0 aromatic heterocycles. The largest absolute Gasteiger partial charge is 0.493 e. The highest BCUT2D eigenvalue weighted by Crippen LogP contribution is 2.43. The molecule has 1 amide bonds. The summed E-state index contributed by atoms with van der Waals surface area (Å²) in [5.74, 6) is 1.05. The average Bonchev–Trinajstić information content (AvgIpc) is 2.78. The van der Waals surface area contributed by atoms with Gasteiger partial charge in [-0.25, -0.2) is 8.42 Å². The van der Waals surface area contributed by atoms with Gasteiger partial charge in [0.15, 0.2) is 16.4 Å². The lowest BCUT2D eigenvalue weighted by Gasteiger charge is -2.34. The van der Waals surface area contributed by atoms with Gasteiger partial charge in [-0.1, -0.05) is 18.5 Å². The maximum absolute atomic E-state index is 13.4. The Hall–Kier alpha value is -2.71. The lowest BCUT2D eigenvalue weighted by Crippen LogP contribution is -2.41. The van der Waals surface area contributed by atoms with Crippen LogP contribution in [-0.2, 0) is 14.6 Å². The lowest BCUT2D eigenvalue weighted by molar-refractivity contribution is -0.127. The van der Waals surface area contributed by atoms with Crippen molar-refractivity contribution in [2.75, 3.05) is 32.2 Å². The first-order valence-electron chi connectivity index (χ1n) is 10.3. The van der Waals surface area contributed by atoms with Crippen molar-refractivity contribution in [1.82, 2.24) is 4.90 Å². The summed E-state index contributed by atoms with van der Waals surface area (Å²) in [6.45, 7) is 3.21. The molecule has 2 aliphatic heterocycles. The summed E-state index contributed by atoms with van der Waals surface area (Å²) in [5.41, 5.74) is 0.979. The predicted molar refractivity (Wildman–Crippen MR) is 123 cm³/mol. The molecule has 1 fully saturated rings. The maximum atomic E-state index is 13.4. The van der Waals surface area contributed by atoms with Gasteiger partial charge in [0, 0.05) is 36.1 Å². The van der Waals surface area contributed by atoms with E-state index in [2.05, 4.69) is 6.92 Å². The summed E-state index contributed by atoms with van der Waals surface area (Å²) in [6, 6.07) is 9.75. The standard InChI is InChI=1S/C23H25ClN2O5S/c1-15-8-10-25(11-9-15)23(27)22-14-26(17-5-6-19(30-2)20(13-17)31-3)18-12-16(24)4-7-21(18)32(22,28)29/h4-7,12-15H,8-11H2,1-3H3. The van der Waals surface area contributed by atoms with E-state index in [1.165, 1.54) is 32.6 Å². The quantitative estimate of drug-likeness (QED) is 0.651. The number of carbonyl (C=O) groups is 1. The number of methoxy groups -OCH3 is 2. The van der Waals surface area contributed by atoms with Crippen LogP contribution in [-0.4, -0.2) is 46.5 Å². The minimum Gasteiger partial charge on any atom is -0.493 e. The van der Waals surface area contributed by atoms with Crippen LogP contribution in [0.5, 0.6) is 11.5 Å². The number of ether oxygens (including phenoxy) is 2. The van der Waals surface area contributed by atoms with Gasteiger partial charge in [0.05, 0.1) is 24.8 Å². The number of hydrogen-bond acceptors (Lipinski definition) is 6. The van der Waals surface area contributed by atoms with Gasteiger partial charge in [-0.05, 0) is 49.1 Å². The minimum absolute atomic E-state index is 0.0351. The molecule has 0 spiro atoms. The number of benzene rings is 2. The molecule has 1 saturated heterocycles. The van der Waals surface area contributed by atoms with Crippen LogP contribution in [0.4, 0.5) is 11.4 Å². The fourth-order valence-corrected chi connectivity index (χ4v) is 5.69. The van der Waals surface area contributed by atoms with Crippen molar-refractivity contribution in [3.05, 3.63) is 52.5 Å². The van der Waals surface area contributed by atoms with E-state index in [4.69, 9.17) is 21.1 Å². The number of halogens is 1. The summed E-state index contributed by atoms with van der Waals surface area (Å²) < 4.78 is 37.6. The van der Waals surface area contributed by atoms with E-state index in [1.54, 1.807) is 34.1 Å². The molecule has 0 aliphatic carbocycles. The van der Waals surface area contributed by atoms with Crippen LogP contribution >= 0.6 is 11.6 Å². The van der Waals surface area contributed by atoms with E-state index in [0.29, 0.717) is 46.9 Å². The van der Waals surface area contributed by atoms with Gasteiger partial charge in [0.2, 0.25) is 9.84 Å². The molecule has 2 aromatic carbocycles. The third-order valence-corrected chi connectivity index (χ3v) is 7.95. The van der Waals surface area contributed by atoms with Gasteiger partial charge in [-0.3, -0.25) is 4.79 Å². The number of piperidine rings is 1. The van der Waals surface area contributed by atoms with Crippen LogP contribution < -0.4 is 14.4 Å². The molecular weight excluding hydrogens is 452 g/mol. The number of fused-ring (bicyclic) bond motifs is 1. The monoisotopic (exact) mass is 476 g/mol. The van der Waals surface area contributed by atoms with Gasteiger partial charge in [-0.15, -0.1) is 0 Å². The van der Waals surface area contributed by atoms with E-state index in [-0.39, 0.29) is 9.80 Å². The first kappa shape index (κ1) is 22.5. The van der Waals surface area contributed by atoms with Crippen LogP contribution in [0.25, 0.3) is 0 Å². The fourth-order valence-electron chi connectivity index (χ4n) is 4.01. The number of likely N-dealkylation sites (tertiary alicyclic amines) is 1. The van der Waals surface area contributed by atoms with Crippen LogP contribution in [0.1, 0.15) is 19.8 Å². The Labute approximate surface area is 193 Å². The van der Waals surface area contributed by atoms with Crippen LogP contribution in [0.3, 0.4) is 0 Å². The molecule has 170 valence electrons. The third-order valence-electron chi connectivity index (χ3n) is 5.93. The summed E-state index contributed by atoms with van der Waals surface area (Å²) in [6.07, 6.45) is 3.09. The van der Waals surface area contributed by atoms with Crippen molar-refractivity contribution in [2.45, 2.75) is 24.7 Å². The Morgan fingerprint density at radius 3 is 2.38 bits per heavy atom. The number of sulfone groups is 1. The Kier molecular flexibility index (Phi) is 6.09. The average molecular weight is 477 g/mol. The highest BCUT2D eigenvalue weighted by atomic mass is 35.5. The van der Waals surface area contributed by atoms with Crippen LogP contribution in [0.2, 0.25) is 5.02 Å². The number of anilines is 2. The number of hydrogen-bond donors (Lipinski definition) is 0. The van der Waals surface area contributed by atoms with E-state index < -0.39 is 15.7 Å². The van der Waals surface area contributed by atoms with Crippen molar-refractivity contribution in [2.24, 2.45) is 5.92 Å². The number of carbonyl (C=O) groups excluding carboxylic acids is 1. The molecule has 0 radical (unpaired) electrons. The molecule has 0 bridgehead atoms. The Bertz CT molecular complexity index is 1190. The van der Waals surface area contributed by atoms with Crippen LogP contribution in [0.15, 0.2) is 52.4 Å². The van der Waals surface area contributed by atoms with Gasteiger partial charge in [0.1, 0.15) is 0 Å². The molecule has 4 rings (SSSR count). The van der Waals surface area contributed by atoms with E-state index in [0.717, 1.165) is 12.8 Å².